The first-order chi connectivity index (χ1) is 21.4. The Hall–Kier alpha value is -3.48. The van der Waals surface area contributed by atoms with Crippen molar-refractivity contribution >= 4 is 57.3 Å². The van der Waals surface area contributed by atoms with E-state index in [2.05, 4.69) is 170 Å². The molecule has 2 aromatic carbocycles. The van der Waals surface area contributed by atoms with Gasteiger partial charge in [0, 0.05) is 88.2 Å². The van der Waals surface area contributed by atoms with Gasteiger partial charge in [-0.15, -0.1) is 0 Å². The molecule has 230 valence electrons. The summed E-state index contributed by atoms with van der Waals surface area (Å²) in [6, 6.07) is 26.2. The van der Waals surface area contributed by atoms with Gasteiger partial charge in [0.25, 0.3) is 0 Å². The van der Waals surface area contributed by atoms with Crippen molar-refractivity contribution in [1.82, 2.24) is 0 Å². The average Bonchev–Trinajstić information content (AvgIpc) is 3.04. The minimum absolute atomic E-state index is 0.996. The topological polar surface area (TPSA) is 14.2 Å². The molecule has 0 radical (unpaired) electrons. The minimum atomic E-state index is 0.996. The number of benzene rings is 2. The quantitative estimate of drug-likeness (QED) is 0.0752. The van der Waals surface area contributed by atoms with E-state index in [1.807, 2.05) is 21.6 Å². The molecule has 44 heavy (non-hydrogen) atoms. The molecule has 0 amide bonds. The lowest BCUT2D eigenvalue weighted by molar-refractivity contribution is -0.699. The van der Waals surface area contributed by atoms with Crippen LogP contribution >= 0.6 is 21.6 Å². The van der Waals surface area contributed by atoms with E-state index < -0.39 is 0 Å². The summed E-state index contributed by atoms with van der Waals surface area (Å²) in [7, 11) is 8.32. The maximum atomic E-state index is 2.37. The molecule has 0 aliphatic heterocycles. The van der Waals surface area contributed by atoms with Crippen molar-refractivity contribution < 1.29 is 9.13 Å². The van der Waals surface area contributed by atoms with Crippen molar-refractivity contribution in [3.63, 3.8) is 0 Å². The monoisotopic (exact) mass is 624 g/mol. The van der Waals surface area contributed by atoms with Crippen LogP contribution in [0.2, 0.25) is 0 Å². The van der Waals surface area contributed by atoms with Crippen molar-refractivity contribution in [3.8, 4) is 0 Å². The number of aryl methyl sites for hydroxylation is 4. The minimum Gasteiger partial charge on any atom is -0.373 e. The Bertz CT molecular complexity index is 1450. The van der Waals surface area contributed by atoms with Gasteiger partial charge >= 0.3 is 0 Å². The van der Waals surface area contributed by atoms with Crippen LogP contribution in [0.3, 0.4) is 0 Å². The summed E-state index contributed by atoms with van der Waals surface area (Å²) in [5, 5.41) is 0. The highest BCUT2D eigenvalue weighted by atomic mass is 33.1. The molecule has 2 aromatic heterocycles. The Morgan fingerprint density at radius 3 is 1.39 bits per heavy atom. The second-order valence-electron chi connectivity index (χ2n) is 11.0. The van der Waals surface area contributed by atoms with Gasteiger partial charge in [0.15, 0.2) is 23.8 Å². The number of hydrogen-bond acceptors (Lipinski definition) is 4. The van der Waals surface area contributed by atoms with Crippen LogP contribution in [0.15, 0.2) is 85.2 Å². The zero-order valence-electron chi connectivity index (χ0n) is 27.2. The van der Waals surface area contributed by atoms with Gasteiger partial charge in [-0.1, -0.05) is 82.3 Å². The third-order valence-electron chi connectivity index (χ3n) is 7.94. The van der Waals surface area contributed by atoms with Crippen LogP contribution in [-0.2, 0) is 13.1 Å². The first kappa shape index (κ1) is 33.4. The Morgan fingerprint density at radius 1 is 0.591 bits per heavy atom. The van der Waals surface area contributed by atoms with Gasteiger partial charge in [-0.05, 0) is 48.2 Å². The second kappa shape index (κ2) is 17.1. The summed E-state index contributed by atoms with van der Waals surface area (Å²) in [5.74, 6) is 2.15. The van der Waals surface area contributed by atoms with E-state index in [4.69, 9.17) is 0 Å². The van der Waals surface area contributed by atoms with Crippen LogP contribution in [-0.4, -0.2) is 38.7 Å². The molecule has 0 N–H and O–H groups in total. The first-order valence-electron chi connectivity index (χ1n) is 15.6. The number of pyridine rings is 2. The lowest BCUT2D eigenvalue weighted by Gasteiger charge is -2.22. The summed E-state index contributed by atoms with van der Waals surface area (Å²) in [6.45, 7) is 12.7. The highest BCUT2D eigenvalue weighted by Crippen LogP contribution is 2.27. The summed E-state index contributed by atoms with van der Waals surface area (Å²) >= 11 is 0. The molecular formula is C38H48N4S2+2. The molecule has 4 nitrogen and oxygen atoms in total. The third-order valence-corrected chi connectivity index (χ3v) is 10.3. The number of rotatable bonds is 15. The SMILES string of the molecule is CC[n+]1ccc(/C=C/c2ccccc2N(C)CCSSCCN(C)c2ccccc2/C=C/c2cc[n+](CC)c(C)c2)cc1C. The molecule has 0 saturated heterocycles. The van der Waals surface area contributed by atoms with Gasteiger partial charge in [-0.25, -0.2) is 9.13 Å². The third kappa shape index (κ3) is 9.51. The summed E-state index contributed by atoms with van der Waals surface area (Å²) < 4.78 is 4.52. The van der Waals surface area contributed by atoms with Crippen LogP contribution in [0.5, 0.6) is 0 Å². The number of anilines is 2. The second-order valence-corrected chi connectivity index (χ2v) is 13.7. The molecule has 0 aliphatic rings. The van der Waals surface area contributed by atoms with Crippen LogP contribution in [0.1, 0.15) is 47.5 Å². The predicted octanol–water partition coefficient (Wildman–Crippen LogP) is 8.21. The smallest absolute Gasteiger partial charge is 0.178 e. The van der Waals surface area contributed by atoms with E-state index in [-0.39, 0.29) is 0 Å². The van der Waals surface area contributed by atoms with E-state index in [1.165, 1.54) is 45.0 Å². The fourth-order valence-corrected chi connectivity index (χ4v) is 7.37. The van der Waals surface area contributed by atoms with E-state index in [9.17, 15) is 0 Å². The predicted molar refractivity (Wildman–Crippen MR) is 196 cm³/mol. The van der Waals surface area contributed by atoms with Gasteiger partial charge < -0.3 is 9.80 Å². The molecule has 0 saturated carbocycles. The molecule has 0 spiro atoms. The fraction of sp³-hybridized carbons (Fsp3) is 0.316. The molecule has 0 atom stereocenters. The summed E-state index contributed by atoms with van der Waals surface area (Å²) in [6.07, 6.45) is 13.3. The Labute approximate surface area is 273 Å². The van der Waals surface area contributed by atoms with Crippen molar-refractivity contribution in [1.29, 1.82) is 0 Å². The van der Waals surface area contributed by atoms with Crippen LogP contribution in [0, 0.1) is 13.8 Å². The van der Waals surface area contributed by atoms with Crippen molar-refractivity contribution in [2.45, 2.75) is 40.8 Å². The number of aromatic nitrogens is 2. The van der Waals surface area contributed by atoms with E-state index in [0.717, 1.165) is 37.7 Å². The Morgan fingerprint density at radius 2 is 1.00 bits per heavy atom. The normalized spacial score (nSPS) is 11.5. The van der Waals surface area contributed by atoms with Crippen LogP contribution < -0.4 is 18.9 Å². The van der Waals surface area contributed by atoms with Crippen molar-refractivity contribution in [2.24, 2.45) is 0 Å². The Kier molecular flexibility index (Phi) is 13.0. The first-order valence-corrected chi connectivity index (χ1v) is 18.1. The van der Waals surface area contributed by atoms with E-state index in [1.54, 1.807) is 0 Å². The molecule has 2 heterocycles. The molecule has 0 unspecified atom stereocenters. The van der Waals surface area contributed by atoms with Crippen molar-refractivity contribution in [2.75, 3.05) is 48.5 Å². The molecule has 4 rings (SSSR count). The highest BCUT2D eigenvalue weighted by Gasteiger charge is 2.09. The molecule has 0 fully saturated rings. The zero-order chi connectivity index (χ0) is 31.3. The summed E-state index contributed by atoms with van der Waals surface area (Å²) in [4.78, 5) is 4.75. The maximum Gasteiger partial charge on any atom is 0.178 e. The summed E-state index contributed by atoms with van der Waals surface area (Å²) in [5.41, 5.74) is 10.1. The van der Waals surface area contributed by atoms with Gasteiger partial charge in [-0.2, -0.15) is 0 Å². The number of nitrogens with zero attached hydrogens (tertiary/aromatic N) is 4. The number of hydrogen-bond donors (Lipinski definition) is 0. The van der Waals surface area contributed by atoms with Crippen LogP contribution in [0.4, 0.5) is 11.4 Å². The molecule has 0 aliphatic carbocycles. The standard InChI is InChI=1S/C38H48N4S2/c1-7-41-23-21-33(29-31(41)3)17-19-35-13-9-11-15-37(35)39(5)25-27-43-44-28-26-40(6)38-16-12-10-14-36(38)20-18-34-22-24-42(8-2)32(4)30-34/h9-24,29-30H,7-8,25-28H2,1-6H3/q+2. The van der Waals surface area contributed by atoms with Gasteiger partial charge in [0.1, 0.15) is 13.1 Å². The molecule has 4 aromatic rings. The van der Waals surface area contributed by atoms with Gasteiger partial charge in [-0.3, -0.25) is 0 Å². The Balaban J connectivity index is 1.24. The molecule has 6 heteroatoms. The maximum absolute atomic E-state index is 2.37. The number of para-hydroxylation sites is 2. The lowest BCUT2D eigenvalue weighted by Crippen LogP contribution is -2.35. The average molecular weight is 625 g/mol. The van der Waals surface area contributed by atoms with E-state index in [0.29, 0.717) is 0 Å². The molecular weight excluding hydrogens is 577 g/mol. The largest absolute Gasteiger partial charge is 0.373 e. The van der Waals surface area contributed by atoms with Gasteiger partial charge in [0.2, 0.25) is 0 Å². The molecule has 0 bridgehead atoms. The van der Waals surface area contributed by atoms with Crippen LogP contribution in [0.25, 0.3) is 24.3 Å². The van der Waals surface area contributed by atoms with E-state index >= 15 is 0 Å². The lowest BCUT2D eigenvalue weighted by atomic mass is 10.1. The highest BCUT2D eigenvalue weighted by molar-refractivity contribution is 8.76. The zero-order valence-corrected chi connectivity index (χ0v) is 28.9. The van der Waals surface area contributed by atoms with Gasteiger partial charge in [0.05, 0.1) is 0 Å². The van der Waals surface area contributed by atoms with Crippen molar-refractivity contribution in [3.05, 3.63) is 119 Å². The fourth-order valence-electron chi connectivity index (χ4n) is 5.28.